The van der Waals surface area contributed by atoms with Gasteiger partial charge in [0.25, 0.3) is 11.6 Å². The highest BCUT2D eigenvalue weighted by Gasteiger charge is 2.29. The molecule has 0 aromatic heterocycles. The average Bonchev–Trinajstić information content (AvgIpc) is 2.95. The number of hydrogen-bond donors (Lipinski definition) is 1. The van der Waals surface area contributed by atoms with Gasteiger partial charge in [-0.3, -0.25) is 19.8 Å². The van der Waals surface area contributed by atoms with E-state index in [0.29, 0.717) is 28.1 Å². The average molecular weight is 432 g/mol. The molecule has 3 rings (SSSR count). The molecule has 150 valence electrons. The highest BCUT2D eigenvalue weighted by Crippen LogP contribution is 2.28. The van der Waals surface area contributed by atoms with Gasteiger partial charge in [0, 0.05) is 18.7 Å². The van der Waals surface area contributed by atoms with Crippen molar-refractivity contribution in [3.8, 4) is 5.75 Å². The fraction of sp³-hybridized carbons (Fsp3) is 0.200. The van der Waals surface area contributed by atoms with Crippen molar-refractivity contribution < 1.29 is 14.5 Å². The van der Waals surface area contributed by atoms with Gasteiger partial charge in [-0.25, -0.2) is 0 Å². The van der Waals surface area contributed by atoms with E-state index in [9.17, 15) is 14.9 Å². The van der Waals surface area contributed by atoms with Crippen molar-refractivity contribution >= 4 is 46.6 Å². The van der Waals surface area contributed by atoms with Crippen molar-refractivity contribution in [1.82, 2.24) is 10.2 Å². The number of thiocarbonyl (C=S) groups is 1. The van der Waals surface area contributed by atoms with Crippen LogP contribution in [0.15, 0.2) is 48.2 Å². The number of nitro groups is 1. The number of nitro benzene ring substituents is 1. The van der Waals surface area contributed by atoms with E-state index in [1.807, 2.05) is 6.92 Å². The predicted molar refractivity (Wildman–Crippen MR) is 115 cm³/mol. The quantitative estimate of drug-likeness (QED) is 0.304. The summed E-state index contributed by atoms with van der Waals surface area (Å²) < 4.78 is 5.70. The molecule has 1 saturated heterocycles. The molecule has 0 unspecified atom stereocenters. The normalized spacial score (nSPS) is 15.0. The van der Waals surface area contributed by atoms with Crippen LogP contribution in [0, 0.1) is 10.1 Å². The maximum Gasteiger partial charge on any atom is 0.276 e. The Bertz CT molecular complexity index is 992. The van der Waals surface area contributed by atoms with Crippen LogP contribution in [0.4, 0.5) is 5.69 Å². The number of amides is 1. The van der Waals surface area contributed by atoms with Gasteiger partial charge in [-0.1, -0.05) is 24.6 Å². The summed E-state index contributed by atoms with van der Waals surface area (Å²) in [5.74, 6) is 0.312. The Morgan fingerprint density at radius 1 is 1.28 bits per heavy atom. The summed E-state index contributed by atoms with van der Waals surface area (Å²) in [7, 11) is 0. The highest BCUT2D eigenvalue weighted by molar-refractivity contribution is 7.80. The van der Waals surface area contributed by atoms with Crippen LogP contribution in [-0.2, 0) is 11.4 Å². The minimum atomic E-state index is -0.452. The Morgan fingerprint density at radius 2 is 2.00 bits per heavy atom. The van der Waals surface area contributed by atoms with E-state index >= 15 is 0 Å². The highest BCUT2D eigenvalue weighted by atomic mass is 35.5. The van der Waals surface area contributed by atoms with Gasteiger partial charge >= 0.3 is 0 Å². The molecule has 29 heavy (non-hydrogen) atoms. The lowest BCUT2D eigenvalue weighted by Gasteiger charge is -2.11. The molecule has 1 aliphatic rings. The zero-order valence-electron chi connectivity index (χ0n) is 15.6. The summed E-state index contributed by atoms with van der Waals surface area (Å²) in [5.41, 5.74) is 1.94. The molecule has 1 amide bonds. The van der Waals surface area contributed by atoms with Gasteiger partial charge in [0.05, 0.1) is 9.95 Å². The Balaban J connectivity index is 1.68. The monoisotopic (exact) mass is 431 g/mol. The Hall–Kier alpha value is -2.97. The predicted octanol–water partition coefficient (Wildman–Crippen LogP) is 4.29. The van der Waals surface area contributed by atoms with Crippen LogP contribution in [-0.4, -0.2) is 27.4 Å². The van der Waals surface area contributed by atoms with Crippen molar-refractivity contribution in [3.05, 3.63) is 74.4 Å². The Morgan fingerprint density at radius 3 is 2.62 bits per heavy atom. The third-order valence-corrected chi connectivity index (χ3v) is 4.84. The van der Waals surface area contributed by atoms with E-state index in [2.05, 4.69) is 5.32 Å². The molecule has 0 aliphatic carbocycles. The second-order valence-corrected chi connectivity index (χ2v) is 7.14. The third kappa shape index (κ3) is 4.90. The first kappa shape index (κ1) is 20.8. The van der Waals surface area contributed by atoms with Gasteiger partial charge in [-0.15, -0.1) is 0 Å². The second kappa shape index (κ2) is 9.02. The van der Waals surface area contributed by atoms with Gasteiger partial charge < -0.3 is 10.1 Å². The number of carbonyl (C=O) groups is 1. The number of ether oxygens (including phenoxy) is 1. The minimum Gasteiger partial charge on any atom is -0.487 e. The van der Waals surface area contributed by atoms with Crippen LogP contribution < -0.4 is 10.1 Å². The molecule has 0 spiro atoms. The number of rotatable bonds is 7. The van der Waals surface area contributed by atoms with Crippen molar-refractivity contribution in [2.75, 3.05) is 6.54 Å². The van der Waals surface area contributed by atoms with E-state index in [1.165, 1.54) is 17.0 Å². The summed E-state index contributed by atoms with van der Waals surface area (Å²) in [6.45, 7) is 2.77. The summed E-state index contributed by atoms with van der Waals surface area (Å²) >= 11 is 11.5. The van der Waals surface area contributed by atoms with Gasteiger partial charge in [0.1, 0.15) is 18.1 Å². The smallest absolute Gasteiger partial charge is 0.276 e. The van der Waals surface area contributed by atoms with Crippen LogP contribution in [0.2, 0.25) is 5.02 Å². The summed E-state index contributed by atoms with van der Waals surface area (Å²) in [6.07, 6.45) is 2.50. The molecular formula is C20H18ClN3O4S. The molecule has 0 bridgehead atoms. The van der Waals surface area contributed by atoms with Crippen LogP contribution in [0.5, 0.6) is 5.75 Å². The molecule has 0 atom stereocenters. The molecule has 1 N–H and O–H groups in total. The van der Waals surface area contributed by atoms with E-state index in [-0.39, 0.29) is 18.2 Å². The molecule has 2 aromatic rings. The van der Waals surface area contributed by atoms with E-state index in [0.717, 1.165) is 17.5 Å². The zero-order chi connectivity index (χ0) is 21.0. The van der Waals surface area contributed by atoms with Crippen LogP contribution in [0.1, 0.15) is 24.5 Å². The lowest BCUT2D eigenvalue weighted by molar-refractivity contribution is -0.384. The fourth-order valence-corrected chi connectivity index (χ4v) is 3.29. The summed E-state index contributed by atoms with van der Waals surface area (Å²) in [5, 5.41) is 14.4. The lowest BCUT2D eigenvalue weighted by Crippen LogP contribution is -2.31. The number of halogens is 1. The number of hydrogen-bond acceptors (Lipinski definition) is 5. The first-order valence-electron chi connectivity index (χ1n) is 8.89. The van der Waals surface area contributed by atoms with Crippen LogP contribution in [0.25, 0.3) is 6.08 Å². The number of benzene rings is 2. The summed E-state index contributed by atoms with van der Waals surface area (Å²) in [4.78, 5) is 24.2. The molecule has 1 aliphatic heterocycles. The third-order valence-electron chi connectivity index (χ3n) is 4.22. The van der Waals surface area contributed by atoms with Crippen molar-refractivity contribution in [3.63, 3.8) is 0 Å². The largest absolute Gasteiger partial charge is 0.487 e. The second-order valence-electron chi connectivity index (χ2n) is 6.35. The number of nitrogens with zero attached hydrogens (tertiary/aromatic N) is 2. The van der Waals surface area contributed by atoms with Gasteiger partial charge in [-0.05, 0) is 60.1 Å². The lowest BCUT2D eigenvalue weighted by atomic mass is 10.1. The van der Waals surface area contributed by atoms with E-state index in [4.69, 9.17) is 28.6 Å². The van der Waals surface area contributed by atoms with Crippen molar-refractivity contribution in [1.29, 1.82) is 0 Å². The molecule has 0 saturated carbocycles. The maximum absolute atomic E-state index is 12.4. The first-order valence-corrected chi connectivity index (χ1v) is 9.68. The molecular weight excluding hydrogens is 414 g/mol. The molecule has 1 fully saturated rings. The Kier molecular flexibility index (Phi) is 6.46. The van der Waals surface area contributed by atoms with Gasteiger partial charge in [0.2, 0.25) is 0 Å². The first-order chi connectivity index (χ1) is 13.9. The number of carbonyl (C=O) groups excluding carboxylic acids is 1. The van der Waals surface area contributed by atoms with Gasteiger partial charge in [-0.2, -0.15) is 0 Å². The SMILES string of the molecule is CCCN1C(=O)/C(=C/c2ccc(OCc3ccc([N+](=O)[O-])cc3)c(Cl)c2)NC1=S. The Labute approximate surface area is 178 Å². The van der Waals surface area contributed by atoms with Crippen LogP contribution >= 0.6 is 23.8 Å². The maximum atomic E-state index is 12.4. The van der Waals surface area contributed by atoms with Crippen molar-refractivity contribution in [2.24, 2.45) is 0 Å². The van der Waals surface area contributed by atoms with E-state index in [1.54, 1.807) is 36.4 Å². The van der Waals surface area contributed by atoms with E-state index < -0.39 is 4.92 Å². The standard InChI is InChI=1S/C20H18ClN3O4S/c1-2-9-23-19(25)17(22-20(23)29)11-14-5-8-18(16(21)10-14)28-12-13-3-6-15(7-4-13)24(26)27/h3-8,10-11H,2,9,12H2,1H3,(H,22,29)/b17-11-. The van der Waals surface area contributed by atoms with Crippen LogP contribution in [0.3, 0.4) is 0 Å². The van der Waals surface area contributed by atoms with Gasteiger partial charge in [0.15, 0.2) is 5.11 Å². The number of non-ortho nitro benzene ring substituents is 1. The topological polar surface area (TPSA) is 84.7 Å². The molecule has 2 aromatic carbocycles. The molecule has 0 radical (unpaired) electrons. The summed E-state index contributed by atoms with van der Waals surface area (Å²) in [6, 6.07) is 11.3. The zero-order valence-corrected chi connectivity index (χ0v) is 17.1. The molecule has 7 nitrogen and oxygen atoms in total. The molecule has 9 heteroatoms. The molecule has 1 heterocycles. The minimum absolute atomic E-state index is 0.0243. The fourth-order valence-electron chi connectivity index (χ4n) is 2.76. The van der Waals surface area contributed by atoms with Crippen molar-refractivity contribution in [2.45, 2.75) is 20.0 Å². The number of nitrogens with one attached hydrogen (secondary N) is 1.